The minimum Gasteiger partial charge on any atom is -0.450 e. The number of nitrogens with zero attached hydrogens (tertiary/aromatic N) is 5. The van der Waals surface area contributed by atoms with Gasteiger partial charge in [0.25, 0.3) is 0 Å². The maximum Gasteiger partial charge on any atom is 0.409 e. The van der Waals surface area contributed by atoms with Gasteiger partial charge in [-0.3, -0.25) is 4.98 Å². The first-order valence-corrected chi connectivity index (χ1v) is 9.86. The van der Waals surface area contributed by atoms with Crippen LogP contribution in [-0.4, -0.2) is 58.7 Å². The number of rotatable bonds is 4. The molecule has 1 aliphatic heterocycles. The Hall–Kier alpha value is -3.55. The number of ether oxygens (including phenoxy) is 1. The SMILES string of the molecule is CCOC(=O)N1CCN(c2cc(-c3ccc(F)cc3)nc(-c3cccnc3)n2)CC1. The Labute approximate surface area is 174 Å². The summed E-state index contributed by atoms with van der Waals surface area (Å²) >= 11 is 0. The molecule has 1 aromatic carbocycles. The van der Waals surface area contributed by atoms with Crippen molar-refractivity contribution < 1.29 is 13.9 Å². The van der Waals surface area contributed by atoms with Crippen LogP contribution in [0, 0.1) is 5.82 Å². The summed E-state index contributed by atoms with van der Waals surface area (Å²) in [7, 11) is 0. The van der Waals surface area contributed by atoms with Gasteiger partial charge in [0.2, 0.25) is 0 Å². The molecule has 1 aliphatic rings. The first kappa shape index (κ1) is 19.8. The summed E-state index contributed by atoms with van der Waals surface area (Å²) in [6.45, 7) is 4.52. The van der Waals surface area contributed by atoms with Crippen molar-refractivity contribution in [3.8, 4) is 22.6 Å². The second-order valence-electron chi connectivity index (χ2n) is 6.86. The van der Waals surface area contributed by atoms with E-state index in [4.69, 9.17) is 9.72 Å². The maximum absolute atomic E-state index is 13.4. The van der Waals surface area contributed by atoms with Crippen LogP contribution in [0.1, 0.15) is 6.92 Å². The van der Waals surface area contributed by atoms with E-state index >= 15 is 0 Å². The van der Waals surface area contributed by atoms with E-state index in [0.29, 0.717) is 44.3 Å². The van der Waals surface area contributed by atoms with Crippen molar-refractivity contribution in [1.29, 1.82) is 0 Å². The number of hydrogen-bond acceptors (Lipinski definition) is 6. The fourth-order valence-electron chi connectivity index (χ4n) is 3.32. The average molecular weight is 407 g/mol. The van der Waals surface area contributed by atoms with Gasteiger partial charge >= 0.3 is 6.09 Å². The summed E-state index contributed by atoms with van der Waals surface area (Å²) in [6, 6.07) is 11.9. The highest BCUT2D eigenvalue weighted by Gasteiger charge is 2.23. The highest BCUT2D eigenvalue weighted by atomic mass is 19.1. The summed E-state index contributed by atoms with van der Waals surface area (Å²) in [5.41, 5.74) is 2.30. The van der Waals surface area contributed by atoms with Crippen molar-refractivity contribution in [3.05, 3.63) is 60.7 Å². The lowest BCUT2D eigenvalue weighted by molar-refractivity contribution is 0.105. The Kier molecular flexibility index (Phi) is 5.83. The van der Waals surface area contributed by atoms with Gasteiger partial charge in [-0.1, -0.05) is 0 Å². The first-order chi connectivity index (χ1) is 14.6. The molecule has 8 heteroatoms. The molecular formula is C22H22FN5O2. The topological polar surface area (TPSA) is 71.5 Å². The van der Waals surface area contributed by atoms with E-state index in [2.05, 4.69) is 14.9 Å². The molecule has 0 atom stereocenters. The average Bonchev–Trinajstić information content (AvgIpc) is 2.80. The lowest BCUT2D eigenvalue weighted by atomic mass is 10.1. The van der Waals surface area contributed by atoms with E-state index in [0.717, 1.165) is 16.9 Å². The number of aromatic nitrogens is 3. The molecular weight excluding hydrogens is 385 g/mol. The normalized spacial score (nSPS) is 13.9. The Balaban J connectivity index is 1.65. The second kappa shape index (κ2) is 8.86. The van der Waals surface area contributed by atoms with Gasteiger partial charge < -0.3 is 14.5 Å². The van der Waals surface area contributed by atoms with Gasteiger partial charge in [-0.2, -0.15) is 0 Å². The number of anilines is 1. The van der Waals surface area contributed by atoms with Gasteiger partial charge in [-0.05, 0) is 43.3 Å². The van der Waals surface area contributed by atoms with Crippen LogP contribution in [-0.2, 0) is 4.74 Å². The van der Waals surface area contributed by atoms with Crippen LogP contribution >= 0.6 is 0 Å². The molecule has 1 amide bonds. The summed E-state index contributed by atoms with van der Waals surface area (Å²) in [6.07, 6.45) is 3.12. The fourth-order valence-corrected chi connectivity index (χ4v) is 3.32. The van der Waals surface area contributed by atoms with Gasteiger partial charge in [0.15, 0.2) is 5.82 Å². The first-order valence-electron chi connectivity index (χ1n) is 9.86. The van der Waals surface area contributed by atoms with E-state index in [1.807, 2.05) is 18.2 Å². The molecule has 0 N–H and O–H groups in total. The van der Waals surface area contributed by atoms with Crippen LogP contribution in [0.4, 0.5) is 15.0 Å². The number of halogens is 1. The summed E-state index contributed by atoms with van der Waals surface area (Å²) < 4.78 is 18.5. The molecule has 4 rings (SSSR count). The minimum absolute atomic E-state index is 0.289. The smallest absolute Gasteiger partial charge is 0.409 e. The zero-order valence-electron chi connectivity index (χ0n) is 16.7. The van der Waals surface area contributed by atoms with Crippen molar-refractivity contribution in [3.63, 3.8) is 0 Å². The van der Waals surface area contributed by atoms with Crippen LogP contribution in [0.3, 0.4) is 0 Å². The van der Waals surface area contributed by atoms with E-state index in [9.17, 15) is 9.18 Å². The van der Waals surface area contributed by atoms with Gasteiger partial charge in [-0.25, -0.2) is 19.2 Å². The Morgan fingerprint density at radius 2 is 1.83 bits per heavy atom. The van der Waals surface area contributed by atoms with Crippen LogP contribution in [0.2, 0.25) is 0 Å². The van der Waals surface area contributed by atoms with E-state index in [-0.39, 0.29) is 11.9 Å². The van der Waals surface area contributed by atoms with E-state index < -0.39 is 0 Å². The number of pyridine rings is 1. The predicted octanol–water partition coefficient (Wildman–Crippen LogP) is 3.62. The van der Waals surface area contributed by atoms with Gasteiger partial charge in [0, 0.05) is 55.8 Å². The molecule has 0 saturated carbocycles. The minimum atomic E-state index is -0.296. The standard InChI is InChI=1S/C22H22FN5O2/c1-2-30-22(29)28-12-10-27(11-13-28)20-14-19(16-5-7-18(23)8-6-16)25-21(26-20)17-4-3-9-24-15-17/h3-9,14-15H,2,10-13H2,1H3. The van der Waals surface area contributed by atoms with Crippen LogP contribution in [0.15, 0.2) is 54.9 Å². The van der Waals surface area contributed by atoms with Gasteiger partial charge in [-0.15, -0.1) is 0 Å². The van der Waals surface area contributed by atoms with E-state index in [1.54, 1.807) is 36.4 Å². The highest BCUT2D eigenvalue weighted by molar-refractivity contribution is 5.69. The van der Waals surface area contributed by atoms with Crippen molar-refractivity contribution >= 4 is 11.9 Å². The van der Waals surface area contributed by atoms with Crippen LogP contribution in [0.5, 0.6) is 0 Å². The molecule has 0 unspecified atom stereocenters. The zero-order valence-corrected chi connectivity index (χ0v) is 16.7. The molecule has 154 valence electrons. The Bertz CT molecular complexity index is 1010. The molecule has 0 spiro atoms. The molecule has 0 bridgehead atoms. The third kappa shape index (κ3) is 4.37. The second-order valence-corrected chi connectivity index (χ2v) is 6.86. The number of hydrogen-bond donors (Lipinski definition) is 0. The van der Waals surface area contributed by atoms with E-state index in [1.165, 1.54) is 12.1 Å². The molecule has 1 saturated heterocycles. The molecule has 3 heterocycles. The molecule has 2 aromatic heterocycles. The van der Waals surface area contributed by atoms with Crippen molar-refractivity contribution in [1.82, 2.24) is 19.9 Å². The van der Waals surface area contributed by atoms with Crippen molar-refractivity contribution in [2.45, 2.75) is 6.92 Å². The Morgan fingerprint density at radius 3 is 2.50 bits per heavy atom. The third-order valence-electron chi connectivity index (χ3n) is 4.90. The molecule has 30 heavy (non-hydrogen) atoms. The summed E-state index contributed by atoms with van der Waals surface area (Å²) in [5, 5.41) is 0. The van der Waals surface area contributed by atoms with Crippen molar-refractivity contribution in [2.24, 2.45) is 0 Å². The zero-order chi connectivity index (χ0) is 20.9. The molecule has 0 aliphatic carbocycles. The number of amides is 1. The third-order valence-corrected chi connectivity index (χ3v) is 4.90. The van der Waals surface area contributed by atoms with Crippen molar-refractivity contribution in [2.75, 3.05) is 37.7 Å². The molecule has 0 radical (unpaired) electrons. The fraction of sp³-hybridized carbons (Fsp3) is 0.273. The lowest BCUT2D eigenvalue weighted by Gasteiger charge is -2.35. The lowest BCUT2D eigenvalue weighted by Crippen LogP contribution is -2.49. The highest BCUT2D eigenvalue weighted by Crippen LogP contribution is 2.26. The predicted molar refractivity (Wildman–Crippen MR) is 111 cm³/mol. The molecule has 7 nitrogen and oxygen atoms in total. The van der Waals surface area contributed by atoms with Gasteiger partial charge in [0.1, 0.15) is 11.6 Å². The molecule has 1 fully saturated rings. The quantitative estimate of drug-likeness (QED) is 0.658. The number of carbonyl (C=O) groups is 1. The molecule has 3 aromatic rings. The van der Waals surface area contributed by atoms with Gasteiger partial charge in [0.05, 0.1) is 12.3 Å². The van der Waals surface area contributed by atoms with Crippen LogP contribution < -0.4 is 4.90 Å². The monoisotopic (exact) mass is 407 g/mol. The van der Waals surface area contributed by atoms with Crippen LogP contribution in [0.25, 0.3) is 22.6 Å². The number of carbonyl (C=O) groups excluding carboxylic acids is 1. The maximum atomic E-state index is 13.4. The summed E-state index contributed by atoms with van der Waals surface area (Å²) in [5.74, 6) is 1.01. The number of benzene rings is 1. The largest absolute Gasteiger partial charge is 0.450 e. The number of piperazine rings is 1. The Morgan fingerprint density at radius 1 is 1.07 bits per heavy atom. The summed E-state index contributed by atoms with van der Waals surface area (Å²) in [4.78, 5) is 29.4.